The Kier molecular flexibility index (Phi) is 10.2. The van der Waals surface area contributed by atoms with E-state index in [9.17, 15) is 19.5 Å². The van der Waals surface area contributed by atoms with Gasteiger partial charge in [0.25, 0.3) is 5.91 Å². The average Bonchev–Trinajstić information content (AvgIpc) is 3.52. The number of thiazole rings is 1. The van der Waals surface area contributed by atoms with Gasteiger partial charge in [-0.1, -0.05) is 47.7 Å². The van der Waals surface area contributed by atoms with Crippen LogP contribution in [0.25, 0.3) is 10.7 Å². The third-order valence-corrected chi connectivity index (χ3v) is 8.12. The number of aromatic nitrogens is 4. The highest BCUT2D eigenvalue weighted by Gasteiger charge is 2.27. The highest BCUT2D eigenvalue weighted by molar-refractivity contribution is 7.19. The van der Waals surface area contributed by atoms with Gasteiger partial charge in [-0.2, -0.15) is 5.10 Å². The van der Waals surface area contributed by atoms with Crippen molar-refractivity contribution in [3.63, 3.8) is 0 Å². The van der Waals surface area contributed by atoms with E-state index in [2.05, 4.69) is 35.9 Å². The van der Waals surface area contributed by atoms with Crippen molar-refractivity contribution in [1.29, 1.82) is 0 Å². The third kappa shape index (κ3) is 8.97. The Morgan fingerprint density at radius 1 is 1.00 bits per heavy atom. The van der Waals surface area contributed by atoms with Crippen LogP contribution in [0.1, 0.15) is 56.1 Å². The van der Waals surface area contributed by atoms with Gasteiger partial charge in [-0.3, -0.25) is 14.8 Å². The maximum atomic E-state index is 13.7. The first-order valence-electron chi connectivity index (χ1n) is 15.2. The zero-order valence-corrected chi connectivity index (χ0v) is 27.5. The Labute approximate surface area is 276 Å². The van der Waals surface area contributed by atoms with Crippen LogP contribution in [0.3, 0.4) is 0 Å². The quantitative estimate of drug-likeness (QED) is 0.188. The number of pyridine rings is 1. The lowest BCUT2D eigenvalue weighted by molar-refractivity contribution is 0.0636. The van der Waals surface area contributed by atoms with Gasteiger partial charge < -0.3 is 30.1 Å². The van der Waals surface area contributed by atoms with Crippen LogP contribution < -0.4 is 20.9 Å². The highest BCUT2D eigenvalue weighted by atomic mass is 32.1. The van der Waals surface area contributed by atoms with E-state index in [0.29, 0.717) is 41.7 Å². The van der Waals surface area contributed by atoms with Crippen LogP contribution in [-0.4, -0.2) is 67.7 Å². The summed E-state index contributed by atoms with van der Waals surface area (Å²) >= 11 is 1.03. The molecule has 0 radical (unpaired) electrons. The summed E-state index contributed by atoms with van der Waals surface area (Å²) in [5, 5.41) is 23.3. The molecule has 47 heavy (non-hydrogen) atoms. The number of nitrogens with zero attached hydrogens (tertiary/aromatic N) is 5. The molecule has 15 heteroatoms. The molecule has 14 nitrogen and oxygen atoms in total. The number of carbonyl (C=O) groups is 3. The van der Waals surface area contributed by atoms with E-state index in [1.807, 2.05) is 30.3 Å². The van der Waals surface area contributed by atoms with Crippen LogP contribution in [0.5, 0.6) is 5.88 Å². The molecule has 4 aromatic rings. The zero-order valence-electron chi connectivity index (χ0n) is 26.6. The molecule has 3 amide bonds. The Morgan fingerprint density at radius 2 is 1.79 bits per heavy atom. The van der Waals surface area contributed by atoms with Crippen LogP contribution >= 0.6 is 11.3 Å². The third-order valence-electron chi connectivity index (χ3n) is 7.13. The van der Waals surface area contributed by atoms with Crippen molar-refractivity contribution in [1.82, 2.24) is 25.1 Å². The van der Waals surface area contributed by atoms with Crippen molar-refractivity contribution in [2.45, 2.75) is 58.3 Å². The van der Waals surface area contributed by atoms with Crippen LogP contribution in [-0.2, 0) is 23.1 Å². The van der Waals surface area contributed by atoms with Gasteiger partial charge in [0.1, 0.15) is 33.6 Å². The normalized spacial score (nSPS) is 15.0. The van der Waals surface area contributed by atoms with Crippen LogP contribution in [0.2, 0.25) is 0 Å². The first kappa shape index (κ1) is 33.2. The van der Waals surface area contributed by atoms with Crippen molar-refractivity contribution in [2.75, 3.05) is 28.6 Å². The smallest absolute Gasteiger partial charge is 0.412 e. The Balaban J connectivity index is 1.28. The number of aromatic hydroxyl groups is 1. The van der Waals surface area contributed by atoms with E-state index in [1.165, 1.54) is 6.07 Å². The second-order valence-electron chi connectivity index (χ2n) is 12.0. The van der Waals surface area contributed by atoms with Gasteiger partial charge in [-0.25, -0.2) is 19.6 Å². The summed E-state index contributed by atoms with van der Waals surface area (Å²) in [6, 6.07) is 14.1. The lowest BCUT2D eigenvalue weighted by Gasteiger charge is -2.24. The summed E-state index contributed by atoms with van der Waals surface area (Å²) < 4.78 is 12.5. The minimum absolute atomic E-state index is 0.0510. The number of aryl methyl sites for hydroxylation is 1. The molecule has 248 valence electrons. The topological polar surface area (TPSA) is 173 Å². The molecule has 0 unspecified atom stereocenters. The lowest BCUT2D eigenvalue weighted by atomic mass is 10.1. The maximum absolute atomic E-state index is 13.7. The number of benzene rings is 1. The minimum Gasteiger partial charge on any atom is -0.493 e. The van der Waals surface area contributed by atoms with Gasteiger partial charge >= 0.3 is 12.2 Å². The van der Waals surface area contributed by atoms with E-state index in [1.54, 1.807) is 50.8 Å². The summed E-state index contributed by atoms with van der Waals surface area (Å²) in [6.45, 7) is 6.67. The molecule has 1 aromatic carbocycles. The number of anilines is 3. The molecule has 0 bridgehead atoms. The van der Waals surface area contributed by atoms with Gasteiger partial charge in [0.05, 0.1) is 6.20 Å². The first-order chi connectivity index (χ1) is 22.4. The molecule has 3 aromatic heterocycles. The summed E-state index contributed by atoms with van der Waals surface area (Å²) in [7, 11) is 1.79. The van der Waals surface area contributed by atoms with Crippen molar-refractivity contribution in [3.05, 3.63) is 66.0 Å². The molecule has 0 spiro atoms. The predicted molar refractivity (Wildman–Crippen MR) is 178 cm³/mol. The minimum atomic E-state index is -0.762. The van der Waals surface area contributed by atoms with E-state index in [0.717, 1.165) is 29.7 Å². The molecular weight excluding hydrogens is 624 g/mol. The Hall–Kier alpha value is -5.18. The summed E-state index contributed by atoms with van der Waals surface area (Å²) in [4.78, 5) is 49.5. The van der Waals surface area contributed by atoms with Crippen molar-refractivity contribution in [2.24, 2.45) is 7.05 Å². The molecule has 4 N–H and O–H groups in total. The van der Waals surface area contributed by atoms with Crippen molar-refractivity contribution < 1.29 is 29.0 Å². The molecule has 5 rings (SSSR count). The van der Waals surface area contributed by atoms with E-state index >= 15 is 0 Å². The van der Waals surface area contributed by atoms with Gasteiger partial charge in [-0.05, 0) is 51.7 Å². The molecule has 1 saturated heterocycles. The van der Waals surface area contributed by atoms with Gasteiger partial charge in [0.15, 0.2) is 11.5 Å². The maximum Gasteiger partial charge on any atom is 0.412 e. The SMILES string of the molecule is Cn1ncc(NC(=O)c2nc(-c3cccc(O)n3)sc2NC(=O)OC(C)(C)C)c1N1CCC[C@H](NC(=O)OCc2ccccc2)CC1. The van der Waals surface area contributed by atoms with Gasteiger partial charge in [0.2, 0.25) is 5.88 Å². The summed E-state index contributed by atoms with van der Waals surface area (Å²) in [5.41, 5.74) is 0.893. The number of nitrogens with one attached hydrogen (secondary N) is 3. The number of carbonyl (C=O) groups excluding carboxylic acids is 3. The second-order valence-corrected chi connectivity index (χ2v) is 13.0. The van der Waals surface area contributed by atoms with E-state index in [-0.39, 0.29) is 29.2 Å². The van der Waals surface area contributed by atoms with E-state index < -0.39 is 23.7 Å². The molecule has 1 fully saturated rings. The van der Waals surface area contributed by atoms with Crippen molar-refractivity contribution >= 4 is 45.9 Å². The van der Waals surface area contributed by atoms with Crippen LogP contribution in [0.4, 0.5) is 26.1 Å². The lowest BCUT2D eigenvalue weighted by Crippen LogP contribution is -2.36. The highest BCUT2D eigenvalue weighted by Crippen LogP contribution is 2.34. The number of alkyl carbamates (subject to hydrolysis) is 1. The molecule has 1 aliphatic rings. The number of hydrogen-bond acceptors (Lipinski definition) is 11. The Morgan fingerprint density at radius 3 is 2.53 bits per heavy atom. The molecule has 0 aliphatic carbocycles. The first-order valence-corrected chi connectivity index (χ1v) is 16.0. The molecular formula is C32H38N8O6S. The van der Waals surface area contributed by atoms with Gasteiger partial charge in [-0.15, -0.1) is 0 Å². The zero-order chi connectivity index (χ0) is 33.6. The number of ether oxygens (including phenoxy) is 2. The molecule has 1 atom stereocenters. The molecule has 4 heterocycles. The second kappa shape index (κ2) is 14.5. The summed E-state index contributed by atoms with van der Waals surface area (Å²) in [5.74, 6) is -0.0924. The number of hydrogen-bond donors (Lipinski definition) is 4. The molecule has 0 saturated carbocycles. The fraction of sp³-hybridized carbons (Fsp3) is 0.375. The largest absolute Gasteiger partial charge is 0.493 e. The van der Waals surface area contributed by atoms with Crippen LogP contribution in [0.15, 0.2) is 54.7 Å². The van der Waals surface area contributed by atoms with Gasteiger partial charge in [0, 0.05) is 32.2 Å². The standard InChI is InChI=1S/C32H38N8O6S/c1-32(2,3)46-31(44)38-28-25(37-27(47-28)22-13-8-14-24(41)35-22)26(42)36-23-18-33-39(4)29(23)40-16-9-12-21(15-17-40)34-30(43)45-19-20-10-6-5-7-11-20/h5-8,10-11,13-14,18,21H,9,12,15-17,19H2,1-4H3,(H,34,43)(H,35,41)(H,36,42)(H,38,44)/t21-/m0/s1. The number of rotatable bonds is 8. The average molecular weight is 663 g/mol. The van der Waals surface area contributed by atoms with E-state index in [4.69, 9.17) is 9.47 Å². The fourth-order valence-corrected chi connectivity index (χ4v) is 5.98. The van der Waals surface area contributed by atoms with Crippen molar-refractivity contribution in [3.8, 4) is 16.6 Å². The number of amides is 3. The summed E-state index contributed by atoms with van der Waals surface area (Å²) in [6.07, 6.45) is 2.57. The fourth-order valence-electron chi connectivity index (χ4n) is 5.07. The Bertz CT molecular complexity index is 1720. The monoisotopic (exact) mass is 662 g/mol. The predicted octanol–water partition coefficient (Wildman–Crippen LogP) is 5.53. The molecule has 1 aliphatic heterocycles. The van der Waals surface area contributed by atoms with Crippen LogP contribution in [0, 0.1) is 0 Å².